The van der Waals surface area contributed by atoms with Gasteiger partial charge < -0.3 is 15.1 Å². The Morgan fingerprint density at radius 3 is 2.62 bits per heavy atom. The molecule has 1 N–H and O–H groups in total. The highest BCUT2D eigenvalue weighted by molar-refractivity contribution is 5.29. The van der Waals surface area contributed by atoms with Crippen LogP contribution in [0.5, 0.6) is 0 Å². The third kappa shape index (κ3) is 3.65. The second-order valence-corrected chi connectivity index (χ2v) is 6.66. The summed E-state index contributed by atoms with van der Waals surface area (Å²) in [5.41, 5.74) is 3.02. The summed E-state index contributed by atoms with van der Waals surface area (Å²) in [6.07, 6.45) is 3.83. The lowest BCUT2D eigenvalue weighted by Gasteiger charge is -2.38. The highest BCUT2D eigenvalue weighted by Crippen LogP contribution is 2.19. The molecule has 21 heavy (non-hydrogen) atoms. The first kappa shape index (κ1) is 15.0. The van der Waals surface area contributed by atoms with Gasteiger partial charge >= 0.3 is 0 Å². The first-order valence-corrected chi connectivity index (χ1v) is 8.49. The second-order valence-electron chi connectivity index (χ2n) is 6.66. The van der Waals surface area contributed by atoms with Crippen molar-refractivity contribution in [2.24, 2.45) is 0 Å². The van der Waals surface area contributed by atoms with Crippen LogP contribution in [0.4, 0.5) is 0 Å². The van der Waals surface area contributed by atoms with Gasteiger partial charge in [0.05, 0.1) is 0 Å². The molecule has 3 rings (SSSR count). The van der Waals surface area contributed by atoms with Gasteiger partial charge in [0.25, 0.3) is 0 Å². The first-order valence-electron chi connectivity index (χ1n) is 8.49. The van der Waals surface area contributed by atoms with Crippen LogP contribution in [0.15, 0.2) is 24.3 Å². The zero-order valence-electron chi connectivity index (χ0n) is 13.5. The van der Waals surface area contributed by atoms with Crippen molar-refractivity contribution in [3.8, 4) is 0 Å². The van der Waals surface area contributed by atoms with Crippen LogP contribution in [-0.4, -0.2) is 55.1 Å². The molecule has 3 nitrogen and oxygen atoms in total. The average Bonchev–Trinajstić information content (AvgIpc) is 2.55. The number of likely N-dealkylation sites (tertiary alicyclic amines) is 1. The molecular formula is C18H29N3. The predicted molar refractivity (Wildman–Crippen MR) is 88.5 cm³/mol. The van der Waals surface area contributed by atoms with E-state index in [2.05, 4.69) is 53.4 Å². The number of piperidine rings is 1. The fraction of sp³-hybridized carbons (Fsp3) is 0.667. The lowest BCUT2D eigenvalue weighted by atomic mass is 9.95. The Labute approximate surface area is 129 Å². The van der Waals surface area contributed by atoms with Crippen LogP contribution in [0.2, 0.25) is 0 Å². The van der Waals surface area contributed by atoms with E-state index >= 15 is 0 Å². The van der Waals surface area contributed by atoms with E-state index in [1.54, 1.807) is 0 Å². The smallest absolute Gasteiger partial charge is 0.0238 e. The molecule has 0 saturated carbocycles. The van der Waals surface area contributed by atoms with Gasteiger partial charge in [-0.2, -0.15) is 0 Å². The Bertz CT molecular complexity index is 452. The average molecular weight is 287 g/mol. The van der Waals surface area contributed by atoms with Crippen LogP contribution in [-0.2, 0) is 13.0 Å². The van der Waals surface area contributed by atoms with E-state index < -0.39 is 0 Å². The van der Waals surface area contributed by atoms with Crippen molar-refractivity contribution in [1.29, 1.82) is 0 Å². The molecule has 116 valence electrons. The number of hydrogen-bond donors (Lipinski definition) is 1. The highest BCUT2D eigenvalue weighted by atomic mass is 15.2. The molecule has 1 unspecified atom stereocenters. The molecular weight excluding hydrogens is 258 g/mol. The van der Waals surface area contributed by atoms with Crippen LogP contribution in [0.3, 0.4) is 0 Å². The Balaban J connectivity index is 1.51. The number of nitrogens with one attached hydrogen (secondary N) is 1. The van der Waals surface area contributed by atoms with Crippen molar-refractivity contribution in [3.05, 3.63) is 35.4 Å². The van der Waals surface area contributed by atoms with E-state index in [-0.39, 0.29) is 0 Å². The van der Waals surface area contributed by atoms with Crippen LogP contribution in [0.1, 0.15) is 30.9 Å². The molecule has 2 aliphatic rings. The van der Waals surface area contributed by atoms with E-state index in [0.29, 0.717) is 6.04 Å². The lowest BCUT2D eigenvalue weighted by molar-refractivity contribution is 0.122. The number of fused-ring (bicyclic) bond motifs is 1. The highest BCUT2D eigenvalue weighted by Gasteiger charge is 2.25. The molecule has 1 atom stereocenters. The zero-order chi connectivity index (χ0) is 14.7. The summed E-state index contributed by atoms with van der Waals surface area (Å²) < 4.78 is 0. The normalized spacial score (nSPS) is 24.2. The summed E-state index contributed by atoms with van der Waals surface area (Å²) in [5, 5.41) is 3.71. The number of hydrogen-bond acceptors (Lipinski definition) is 3. The summed E-state index contributed by atoms with van der Waals surface area (Å²) in [5.74, 6) is 0. The van der Waals surface area contributed by atoms with Crippen molar-refractivity contribution in [3.63, 3.8) is 0 Å². The Kier molecular flexibility index (Phi) is 4.94. The topological polar surface area (TPSA) is 18.5 Å². The summed E-state index contributed by atoms with van der Waals surface area (Å²) in [6.45, 7) is 8.22. The molecule has 3 heteroatoms. The van der Waals surface area contributed by atoms with Crippen molar-refractivity contribution < 1.29 is 0 Å². The van der Waals surface area contributed by atoms with Gasteiger partial charge in [-0.25, -0.2) is 0 Å². The minimum Gasteiger partial charge on any atom is -0.308 e. The van der Waals surface area contributed by atoms with Crippen LogP contribution < -0.4 is 5.32 Å². The van der Waals surface area contributed by atoms with Gasteiger partial charge in [0.1, 0.15) is 0 Å². The summed E-state index contributed by atoms with van der Waals surface area (Å²) in [4.78, 5) is 5.16. The molecule has 0 radical (unpaired) electrons. The molecule has 1 saturated heterocycles. The summed E-state index contributed by atoms with van der Waals surface area (Å²) in [7, 11) is 2.31. The molecule has 0 bridgehead atoms. The lowest BCUT2D eigenvalue weighted by Crippen LogP contribution is -2.49. The summed E-state index contributed by atoms with van der Waals surface area (Å²) in [6, 6.07) is 10.2. The van der Waals surface area contributed by atoms with Crippen LogP contribution >= 0.6 is 0 Å². The van der Waals surface area contributed by atoms with Crippen LogP contribution in [0, 0.1) is 0 Å². The maximum Gasteiger partial charge on any atom is 0.0238 e. The van der Waals surface area contributed by atoms with E-state index in [4.69, 9.17) is 0 Å². The first-order chi connectivity index (χ1) is 10.3. The second kappa shape index (κ2) is 6.91. The van der Waals surface area contributed by atoms with Gasteiger partial charge in [0.2, 0.25) is 0 Å². The molecule has 2 heterocycles. The quantitative estimate of drug-likeness (QED) is 0.915. The maximum atomic E-state index is 3.71. The van der Waals surface area contributed by atoms with E-state index in [9.17, 15) is 0 Å². The minimum absolute atomic E-state index is 0.606. The van der Waals surface area contributed by atoms with Crippen molar-refractivity contribution in [2.75, 3.05) is 33.2 Å². The Hall–Kier alpha value is -0.900. The van der Waals surface area contributed by atoms with Crippen molar-refractivity contribution in [2.45, 2.75) is 44.8 Å². The largest absolute Gasteiger partial charge is 0.308 e. The number of rotatable bonds is 4. The maximum absolute atomic E-state index is 3.71. The monoisotopic (exact) mass is 287 g/mol. The van der Waals surface area contributed by atoms with Crippen molar-refractivity contribution in [1.82, 2.24) is 15.1 Å². The fourth-order valence-corrected chi connectivity index (χ4v) is 3.82. The van der Waals surface area contributed by atoms with Gasteiger partial charge in [0.15, 0.2) is 0 Å². The number of likely N-dealkylation sites (N-methyl/N-ethyl adjacent to an activating group) is 1. The molecule has 0 spiro atoms. The molecule has 0 amide bonds. The predicted octanol–water partition coefficient (Wildman–Crippen LogP) is 2.12. The van der Waals surface area contributed by atoms with E-state index in [1.807, 2.05) is 0 Å². The molecule has 1 aromatic carbocycles. The van der Waals surface area contributed by atoms with E-state index in [0.717, 1.165) is 12.6 Å². The molecule has 0 aliphatic carbocycles. The Morgan fingerprint density at radius 1 is 1.19 bits per heavy atom. The molecule has 1 aromatic rings. The van der Waals surface area contributed by atoms with Gasteiger partial charge in [-0.15, -0.1) is 0 Å². The summed E-state index contributed by atoms with van der Waals surface area (Å²) >= 11 is 0. The van der Waals surface area contributed by atoms with Gasteiger partial charge in [-0.1, -0.05) is 31.2 Å². The SMILES string of the molecule is CCN1CCC(N(C)CC2Cc3ccccc3CN2)CC1. The fourth-order valence-electron chi connectivity index (χ4n) is 3.82. The molecule has 0 aromatic heterocycles. The zero-order valence-corrected chi connectivity index (χ0v) is 13.5. The number of benzene rings is 1. The van der Waals surface area contributed by atoms with Gasteiger partial charge in [-0.3, -0.25) is 0 Å². The Morgan fingerprint density at radius 2 is 1.90 bits per heavy atom. The minimum atomic E-state index is 0.606. The van der Waals surface area contributed by atoms with Gasteiger partial charge in [0, 0.05) is 25.2 Å². The third-order valence-electron chi connectivity index (χ3n) is 5.30. The molecule has 2 aliphatic heterocycles. The third-order valence-corrected chi connectivity index (χ3v) is 5.30. The standard InChI is InChI=1S/C18H29N3/c1-3-21-10-8-18(9-11-21)20(2)14-17-12-15-6-4-5-7-16(15)13-19-17/h4-7,17-19H,3,8-14H2,1-2H3. The van der Waals surface area contributed by atoms with Crippen LogP contribution in [0.25, 0.3) is 0 Å². The van der Waals surface area contributed by atoms with Crippen molar-refractivity contribution >= 4 is 0 Å². The van der Waals surface area contributed by atoms with E-state index in [1.165, 1.54) is 56.6 Å². The van der Waals surface area contributed by atoms with Gasteiger partial charge in [-0.05, 0) is 57.1 Å². The molecule has 1 fully saturated rings. The number of nitrogens with zero attached hydrogens (tertiary/aromatic N) is 2.